The van der Waals surface area contributed by atoms with E-state index < -0.39 is 6.04 Å². The van der Waals surface area contributed by atoms with Crippen molar-refractivity contribution in [1.29, 1.82) is 0 Å². The van der Waals surface area contributed by atoms with Crippen LogP contribution in [-0.4, -0.2) is 22.0 Å². The molecular weight excluding hydrogens is 290 g/mol. The summed E-state index contributed by atoms with van der Waals surface area (Å²) in [6.07, 6.45) is 1.98. The second kappa shape index (κ2) is 6.56. The van der Waals surface area contributed by atoms with Crippen molar-refractivity contribution < 1.29 is 9.90 Å². The summed E-state index contributed by atoms with van der Waals surface area (Å²) in [5.41, 5.74) is 8.09. The van der Waals surface area contributed by atoms with Gasteiger partial charge in [-0.2, -0.15) is 0 Å². The quantitative estimate of drug-likeness (QED) is 0.756. The van der Waals surface area contributed by atoms with E-state index >= 15 is 0 Å². The molecule has 1 aromatic carbocycles. The number of carbonyl (C=O) groups is 1. The lowest BCUT2D eigenvalue weighted by Gasteiger charge is -2.13. The van der Waals surface area contributed by atoms with Gasteiger partial charge >= 0.3 is 0 Å². The minimum atomic E-state index is -0.717. The molecule has 5 nitrogen and oxygen atoms in total. The van der Waals surface area contributed by atoms with Gasteiger partial charge in [0.2, 0.25) is 5.91 Å². The number of aromatic hydroxyl groups is 1. The van der Waals surface area contributed by atoms with E-state index in [1.54, 1.807) is 36.5 Å². The number of anilines is 1. The number of carbonyl (C=O) groups excluding carboxylic acids is 1. The Balaban J connectivity index is 2.02. The number of phenols is 1. The number of nitrogens with zero attached hydrogens (tertiary/aromatic N) is 1. The second-order valence-electron chi connectivity index (χ2n) is 4.82. The SMILES string of the molecule is Cc1cnc(Cl)c(NC(=O)[C@H](N)Cc2ccc(O)cc2)c1. The van der Waals surface area contributed by atoms with Crippen LogP contribution in [0, 0.1) is 6.92 Å². The topological polar surface area (TPSA) is 88.2 Å². The zero-order valence-corrected chi connectivity index (χ0v) is 12.3. The Bertz CT molecular complexity index is 644. The van der Waals surface area contributed by atoms with Crippen molar-refractivity contribution in [2.45, 2.75) is 19.4 Å². The van der Waals surface area contributed by atoms with Crippen molar-refractivity contribution in [3.63, 3.8) is 0 Å². The van der Waals surface area contributed by atoms with Crippen LogP contribution in [0.25, 0.3) is 0 Å². The summed E-state index contributed by atoms with van der Waals surface area (Å²) in [5.74, 6) is -0.160. The Morgan fingerprint density at radius 2 is 2.10 bits per heavy atom. The second-order valence-corrected chi connectivity index (χ2v) is 5.18. The molecule has 0 unspecified atom stereocenters. The highest BCUT2D eigenvalue weighted by atomic mass is 35.5. The Morgan fingerprint density at radius 3 is 2.76 bits per heavy atom. The highest BCUT2D eigenvalue weighted by Crippen LogP contribution is 2.20. The number of halogens is 1. The van der Waals surface area contributed by atoms with E-state index in [0.717, 1.165) is 11.1 Å². The van der Waals surface area contributed by atoms with Gasteiger partial charge < -0.3 is 16.2 Å². The van der Waals surface area contributed by atoms with Crippen LogP contribution in [0.1, 0.15) is 11.1 Å². The molecule has 0 fully saturated rings. The predicted molar refractivity (Wildman–Crippen MR) is 82.4 cm³/mol. The molecule has 110 valence electrons. The third-order valence-electron chi connectivity index (χ3n) is 2.96. The predicted octanol–water partition coefficient (Wildman–Crippen LogP) is 2.26. The molecule has 4 N–H and O–H groups in total. The Labute approximate surface area is 127 Å². The first-order valence-electron chi connectivity index (χ1n) is 6.42. The molecule has 0 saturated carbocycles. The average molecular weight is 306 g/mol. The number of nitrogens with one attached hydrogen (secondary N) is 1. The van der Waals surface area contributed by atoms with Gasteiger partial charge in [0.05, 0.1) is 11.7 Å². The maximum Gasteiger partial charge on any atom is 0.241 e. The van der Waals surface area contributed by atoms with Gasteiger partial charge in [-0.3, -0.25) is 4.79 Å². The van der Waals surface area contributed by atoms with Crippen molar-refractivity contribution >= 4 is 23.2 Å². The van der Waals surface area contributed by atoms with Crippen LogP contribution in [0.15, 0.2) is 36.5 Å². The normalized spacial score (nSPS) is 12.0. The van der Waals surface area contributed by atoms with Gasteiger partial charge in [0.1, 0.15) is 5.75 Å². The number of aromatic nitrogens is 1. The molecule has 0 aliphatic heterocycles. The summed E-state index contributed by atoms with van der Waals surface area (Å²) in [5, 5.41) is 12.1. The number of phenolic OH excluding ortho intramolecular Hbond substituents is 1. The summed E-state index contributed by atoms with van der Waals surface area (Å²) < 4.78 is 0. The Morgan fingerprint density at radius 1 is 1.43 bits per heavy atom. The average Bonchev–Trinajstić information content (AvgIpc) is 2.45. The largest absolute Gasteiger partial charge is 0.508 e. The molecule has 6 heteroatoms. The van der Waals surface area contributed by atoms with Crippen LogP contribution < -0.4 is 11.1 Å². The summed E-state index contributed by atoms with van der Waals surface area (Å²) >= 11 is 5.93. The minimum absolute atomic E-state index is 0.175. The number of aryl methyl sites for hydroxylation is 1. The van der Waals surface area contributed by atoms with Gasteiger partial charge in [-0.05, 0) is 42.7 Å². The van der Waals surface area contributed by atoms with Crippen LogP contribution in [-0.2, 0) is 11.2 Å². The zero-order valence-electron chi connectivity index (χ0n) is 11.5. The zero-order chi connectivity index (χ0) is 15.4. The summed E-state index contributed by atoms with van der Waals surface area (Å²) in [4.78, 5) is 16.0. The number of nitrogens with two attached hydrogens (primary N) is 1. The fraction of sp³-hybridized carbons (Fsp3) is 0.200. The van der Waals surface area contributed by atoms with Crippen LogP contribution in [0.2, 0.25) is 5.15 Å². The molecule has 1 heterocycles. The van der Waals surface area contributed by atoms with Crippen molar-refractivity contribution in [3.05, 3.63) is 52.8 Å². The molecular formula is C15H16ClN3O2. The summed E-state index contributed by atoms with van der Waals surface area (Å²) in [6.45, 7) is 1.86. The van der Waals surface area contributed by atoms with E-state index in [1.165, 1.54) is 0 Å². The standard InChI is InChI=1S/C15H16ClN3O2/c1-9-6-13(14(16)18-8-9)19-15(21)12(17)7-10-2-4-11(20)5-3-10/h2-6,8,12,20H,7,17H2,1H3,(H,19,21)/t12-/m1/s1. The van der Waals surface area contributed by atoms with E-state index in [9.17, 15) is 9.90 Å². The molecule has 1 aromatic heterocycles. The fourth-order valence-electron chi connectivity index (χ4n) is 1.84. The number of hydrogen-bond donors (Lipinski definition) is 3. The molecule has 2 aromatic rings. The lowest BCUT2D eigenvalue weighted by atomic mass is 10.1. The smallest absolute Gasteiger partial charge is 0.241 e. The fourth-order valence-corrected chi connectivity index (χ4v) is 1.99. The van der Waals surface area contributed by atoms with E-state index in [-0.39, 0.29) is 16.8 Å². The summed E-state index contributed by atoms with van der Waals surface area (Å²) in [7, 11) is 0. The van der Waals surface area contributed by atoms with Crippen molar-refractivity contribution in [2.24, 2.45) is 5.73 Å². The van der Waals surface area contributed by atoms with Crippen LogP contribution in [0.3, 0.4) is 0 Å². The van der Waals surface area contributed by atoms with Gasteiger partial charge in [0.15, 0.2) is 5.15 Å². The molecule has 0 bridgehead atoms. The Hall–Kier alpha value is -2.11. The lowest BCUT2D eigenvalue weighted by molar-refractivity contribution is -0.117. The number of amides is 1. The molecule has 0 spiro atoms. The first-order valence-corrected chi connectivity index (χ1v) is 6.80. The van der Waals surface area contributed by atoms with Crippen molar-refractivity contribution in [1.82, 2.24) is 4.98 Å². The number of benzene rings is 1. The van der Waals surface area contributed by atoms with Crippen LogP contribution in [0.4, 0.5) is 5.69 Å². The van der Waals surface area contributed by atoms with Gasteiger partial charge in [0.25, 0.3) is 0 Å². The number of pyridine rings is 1. The van der Waals surface area contributed by atoms with E-state index in [0.29, 0.717) is 12.1 Å². The monoisotopic (exact) mass is 305 g/mol. The van der Waals surface area contributed by atoms with Crippen molar-refractivity contribution in [2.75, 3.05) is 5.32 Å². The molecule has 21 heavy (non-hydrogen) atoms. The first-order chi connectivity index (χ1) is 9.95. The highest BCUT2D eigenvalue weighted by molar-refractivity contribution is 6.32. The van der Waals surface area contributed by atoms with Gasteiger partial charge in [-0.15, -0.1) is 0 Å². The third-order valence-corrected chi connectivity index (χ3v) is 3.26. The maximum absolute atomic E-state index is 12.1. The van der Waals surface area contributed by atoms with E-state index in [2.05, 4.69) is 10.3 Å². The van der Waals surface area contributed by atoms with E-state index in [1.807, 2.05) is 6.92 Å². The maximum atomic E-state index is 12.1. The highest BCUT2D eigenvalue weighted by Gasteiger charge is 2.16. The molecule has 1 amide bonds. The van der Waals surface area contributed by atoms with Gasteiger partial charge in [0, 0.05) is 6.20 Å². The van der Waals surface area contributed by atoms with Crippen molar-refractivity contribution in [3.8, 4) is 5.75 Å². The first kappa shape index (κ1) is 15.3. The third kappa shape index (κ3) is 4.18. The number of hydrogen-bond acceptors (Lipinski definition) is 4. The van der Waals surface area contributed by atoms with Gasteiger partial charge in [-0.1, -0.05) is 23.7 Å². The molecule has 2 rings (SSSR count). The minimum Gasteiger partial charge on any atom is -0.508 e. The van der Waals surface area contributed by atoms with Crippen LogP contribution >= 0.6 is 11.6 Å². The van der Waals surface area contributed by atoms with E-state index in [4.69, 9.17) is 17.3 Å². The number of rotatable bonds is 4. The molecule has 0 saturated heterocycles. The molecule has 0 aliphatic rings. The molecule has 0 radical (unpaired) electrons. The molecule has 0 aliphatic carbocycles. The molecule has 1 atom stereocenters. The van der Waals surface area contributed by atoms with Crippen LogP contribution in [0.5, 0.6) is 5.75 Å². The van der Waals surface area contributed by atoms with Gasteiger partial charge in [-0.25, -0.2) is 4.98 Å². The lowest BCUT2D eigenvalue weighted by Crippen LogP contribution is -2.37. The summed E-state index contributed by atoms with van der Waals surface area (Å²) in [6, 6.07) is 7.59. The Kier molecular flexibility index (Phi) is 4.77.